The summed E-state index contributed by atoms with van der Waals surface area (Å²) in [6.45, 7) is 0. The van der Waals surface area contributed by atoms with Crippen LogP contribution in [0.3, 0.4) is 0 Å². The minimum absolute atomic E-state index is 1.10. The lowest BCUT2D eigenvalue weighted by Gasteiger charge is -2.17. The molecular formula is C31H25N. The average molecular weight is 412 g/mol. The summed E-state index contributed by atoms with van der Waals surface area (Å²) in [6.07, 6.45) is 3.38. The van der Waals surface area contributed by atoms with Gasteiger partial charge in [-0.3, -0.25) is 0 Å². The van der Waals surface area contributed by atoms with Crippen molar-refractivity contribution in [1.82, 2.24) is 0 Å². The molecule has 0 heterocycles. The van der Waals surface area contributed by atoms with Crippen LogP contribution in [0.4, 0.5) is 11.4 Å². The van der Waals surface area contributed by atoms with Gasteiger partial charge in [0.05, 0.1) is 0 Å². The van der Waals surface area contributed by atoms with E-state index in [1.54, 1.807) is 0 Å². The van der Waals surface area contributed by atoms with Crippen LogP contribution in [0.15, 0.2) is 109 Å². The zero-order chi connectivity index (χ0) is 21.3. The maximum atomic E-state index is 3.63. The number of hydrogen-bond acceptors (Lipinski definition) is 1. The lowest BCUT2D eigenvalue weighted by molar-refractivity contribution is 0.825. The molecule has 1 nitrogen and oxygen atoms in total. The number of anilines is 2. The summed E-state index contributed by atoms with van der Waals surface area (Å²) in [6, 6.07) is 39.5. The fraction of sp³-hybridized carbons (Fsp3) is 0.0968. The molecule has 0 fully saturated rings. The molecule has 0 saturated carbocycles. The second kappa shape index (κ2) is 8.01. The van der Waals surface area contributed by atoms with Gasteiger partial charge in [0.2, 0.25) is 0 Å². The Morgan fingerprint density at radius 2 is 1.12 bits per heavy atom. The average Bonchev–Trinajstić information content (AvgIpc) is 2.85. The Labute approximate surface area is 188 Å². The van der Waals surface area contributed by atoms with Crippen molar-refractivity contribution in [3.63, 3.8) is 0 Å². The quantitative estimate of drug-likeness (QED) is 0.271. The molecule has 0 spiro atoms. The van der Waals surface area contributed by atoms with Crippen LogP contribution in [0.2, 0.25) is 0 Å². The molecule has 6 aromatic rings. The monoisotopic (exact) mass is 411 g/mol. The van der Waals surface area contributed by atoms with E-state index in [4.69, 9.17) is 0 Å². The summed E-state index contributed by atoms with van der Waals surface area (Å²) in [5, 5.41) is 11.7. The summed E-state index contributed by atoms with van der Waals surface area (Å²) in [5.41, 5.74) is 5.14. The maximum Gasteiger partial charge on any atom is 0.0464 e. The molecule has 0 saturated heterocycles. The van der Waals surface area contributed by atoms with Crippen molar-refractivity contribution in [2.75, 3.05) is 5.32 Å². The van der Waals surface area contributed by atoms with Crippen molar-refractivity contribution in [2.24, 2.45) is 0 Å². The number of rotatable bonds is 6. The maximum absolute atomic E-state index is 3.63. The molecule has 0 aliphatic rings. The normalized spacial score (nSPS) is 11.5. The van der Waals surface area contributed by atoms with Crippen LogP contribution >= 0.6 is 0 Å². The fourth-order valence-corrected chi connectivity index (χ4v) is 4.99. The van der Waals surface area contributed by atoms with Crippen LogP contribution in [0.25, 0.3) is 32.3 Å². The van der Waals surface area contributed by atoms with E-state index in [1.165, 1.54) is 43.4 Å². The molecule has 6 aromatic carbocycles. The van der Waals surface area contributed by atoms with Crippen LogP contribution in [0.1, 0.15) is 17.5 Å². The smallest absolute Gasteiger partial charge is 0.0464 e. The highest BCUT2D eigenvalue weighted by atomic mass is 14.9. The topological polar surface area (TPSA) is 12.0 Å². The summed E-state index contributed by atoms with van der Waals surface area (Å²) in [7, 11) is 0. The van der Waals surface area contributed by atoms with Crippen LogP contribution in [-0.4, -0.2) is 0 Å². The molecule has 0 radical (unpaired) electrons. The van der Waals surface area contributed by atoms with E-state index >= 15 is 0 Å². The van der Waals surface area contributed by atoms with E-state index in [2.05, 4.69) is 115 Å². The predicted octanol–water partition coefficient (Wildman–Crippen LogP) is 8.50. The molecule has 0 bridgehead atoms. The van der Waals surface area contributed by atoms with Crippen molar-refractivity contribution >= 4 is 43.7 Å². The van der Waals surface area contributed by atoms with Crippen molar-refractivity contribution in [3.8, 4) is 0 Å². The molecule has 6 rings (SSSR count). The lowest BCUT2D eigenvalue weighted by Crippen LogP contribution is -1.95. The van der Waals surface area contributed by atoms with Gasteiger partial charge in [0.25, 0.3) is 0 Å². The SMILES string of the molecule is c1ccc(CCCc2ccc3ccc4c(Nc5ccccc5)ccc5ccc2c3c54)cc1. The van der Waals surface area contributed by atoms with Crippen LogP contribution in [-0.2, 0) is 12.8 Å². The molecule has 154 valence electrons. The highest BCUT2D eigenvalue weighted by molar-refractivity contribution is 6.25. The Hall–Kier alpha value is -3.84. The molecular weight excluding hydrogens is 386 g/mol. The van der Waals surface area contributed by atoms with E-state index in [9.17, 15) is 0 Å². The van der Waals surface area contributed by atoms with E-state index in [1.807, 2.05) is 0 Å². The van der Waals surface area contributed by atoms with Gasteiger partial charge in [-0.2, -0.15) is 0 Å². The lowest BCUT2D eigenvalue weighted by atomic mass is 9.90. The Bertz CT molecular complexity index is 1500. The molecule has 0 atom stereocenters. The Morgan fingerprint density at radius 3 is 1.91 bits per heavy atom. The van der Waals surface area contributed by atoms with Gasteiger partial charge in [0.1, 0.15) is 0 Å². The first-order chi connectivity index (χ1) is 15.9. The van der Waals surface area contributed by atoms with Gasteiger partial charge in [-0.1, -0.05) is 91.0 Å². The third kappa shape index (κ3) is 3.36. The van der Waals surface area contributed by atoms with Crippen LogP contribution < -0.4 is 5.32 Å². The molecule has 1 heteroatoms. The Kier molecular flexibility index (Phi) is 4.73. The molecule has 0 aliphatic carbocycles. The Morgan fingerprint density at radius 1 is 0.500 bits per heavy atom. The minimum atomic E-state index is 1.10. The third-order valence-corrected chi connectivity index (χ3v) is 6.56. The van der Waals surface area contributed by atoms with Gasteiger partial charge in [0.15, 0.2) is 0 Å². The largest absolute Gasteiger partial charge is 0.355 e. The fourth-order valence-electron chi connectivity index (χ4n) is 4.99. The zero-order valence-electron chi connectivity index (χ0n) is 18.0. The van der Waals surface area contributed by atoms with E-state index in [0.29, 0.717) is 0 Å². The highest BCUT2D eigenvalue weighted by Gasteiger charge is 2.13. The number of hydrogen-bond donors (Lipinski definition) is 1. The number of nitrogens with one attached hydrogen (secondary N) is 1. The van der Waals surface area contributed by atoms with Gasteiger partial charge in [-0.25, -0.2) is 0 Å². The molecule has 32 heavy (non-hydrogen) atoms. The van der Waals surface area contributed by atoms with E-state index in [-0.39, 0.29) is 0 Å². The summed E-state index contributed by atoms with van der Waals surface area (Å²) >= 11 is 0. The summed E-state index contributed by atoms with van der Waals surface area (Å²) in [4.78, 5) is 0. The van der Waals surface area contributed by atoms with E-state index < -0.39 is 0 Å². The highest BCUT2D eigenvalue weighted by Crippen LogP contribution is 2.39. The van der Waals surface area contributed by atoms with Gasteiger partial charge in [0, 0.05) is 16.8 Å². The van der Waals surface area contributed by atoms with Crippen LogP contribution in [0, 0.1) is 0 Å². The number of para-hydroxylation sites is 1. The number of aryl methyl sites for hydroxylation is 2. The minimum Gasteiger partial charge on any atom is -0.355 e. The van der Waals surface area contributed by atoms with Crippen molar-refractivity contribution < 1.29 is 0 Å². The first-order valence-corrected chi connectivity index (χ1v) is 11.4. The molecule has 1 N–H and O–H groups in total. The van der Waals surface area contributed by atoms with Crippen LogP contribution in [0.5, 0.6) is 0 Å². The molecule has 0 aromatic heterocycles. The van der Waals surface area contributed by atoms with Gasteiger partial charge in [-0.05, 0) is 75.5 Å². The second-order valence-corrected chi connectivity index (χ2v) is 8.59. The van der Waals surface area contributed by atoms with Gasteiger partial charge >= 0.3 is 0 Å². The summed E-state index contributed by atoms with van der Waals surface area (Å²) in [5.74, 6) is 0. The Balaban J connectivity index is 1.42. The van der Waals surface area contributed by atoms with E-state index in [0.717, 1.165) is 30.6 Å². The molecule has 0 aliphatic heterocycles. The molecule has 0 amide bonds. The second-order valence-electron chi connectivity index (χ2n) is 8.59. The predicted molar refractivity (Wildman–Crippen MR) is 138 cm³/mol. The first-order valence-electron chi connectivity index (χ1n) is 11.4. The standard InChI is InChI=1S/C31H25N/c1-3-8-22(9-4-1)10-7-11-23-14-15-24-17-20-28-29(32-26-12-5-2-6-13-26)21-18-25-16-19-27(23)30(24)31(25)28/h1-6,8-9,12-21,32H,7,10-11H2. The zero-order valence-corrected chi connectivity index (χ0v) is 18.0. The van der Waals surface area contributed by atoms with Gasteiger partial charge < -0.3 is 5.32 Å². The summed E-state index contributed by atoms with van der Waals surface area (Å²) < 4.78 is 0. The van der Waals surface area contributed by atoms with Crippen molar-refractivity contribution in [1.29, 1.82) is 0 Å². The first kappa shape index (κ1) is 18.9. The number of benzene rings is 6. The van der Waals surface area contributed by atoms with Crippen molar-refractivity contribution in [3.05, 3.63) is 120 Å². The van der Waals surface area contributed by atoms with Gasteiger partial charge in [-0.15, -0.1) is 0 Å². The van der Waals surface area contributed by atoms with Crippen molar-refractivity contribution in [2.45, 2.75) is 19.3 Å². The molecule has 0 unspecified atom stereocenters. The third-order valence-electron chi connectivity index (χ3n) is 6.56.